The predicted molar refractivity (Wildman–Crippen MR) is 118 cm³/mol. The largest absolute Gasteiger partial charge is 0.445 e. The number of likely N-dealkylation sites (tertiary alicyclic amines) is 1. The summed E-state index contributed by atoms with van der Waals surface area (Å²) >= 11 is 0. The van der Waals surface area contributed by atoms with E-state index in [4.69, 9.17) is 4.74 Å². The van der Waals surface area contributed by atoms with Crippen molar-refractivity contribution in [1.82, 2.24) is 14.5 Å². The quantitative estimate of drug-likeness (QED) is 0.553. The van der Waals surface area contributed by atoms with Crippen LogP contribution in [0.2, 0.25) is 0 Å². The van der Waals surface area contributed by atoms with E-state index in [1.807, 2.05) is 36.5 Å². The van der Waals surface area contributed by atoms with Crippen LogP contribution >= 0.6 is 0 Å². The van der Waals surface area contributed by atoms with Gasteiger partial charge in [-0.25, -0.2) is 14.2 Å². The van der Waals surface area contributed by atoms with Gasteiger partial charge in [-0.15, -0.1) is 0 Å². The lowest BCUT2D eigenvalue weighted by Gasteiger charge is -2.28. The van der Waals surface area contributed by atoms with E-state index < -0.39 is 0 Å². The number of nitrogens with zero attached hydrogens (tertiary/aromatic N) is 3. The molecule has 2 heterocycles. The Morgan fingerprint density at radius 2 is 1.84 bits per heavy atom. The topological polar surface area (TPSA) is 47.4 Å². The van der Waals surface area contributed by atoms with E-state index in [9.17, 15) is 9.18 Å². The molecule has 1 amide bonds. The molecular weight excluding hydrogens is 393 g/mol. The van der Waals surface area contributed by atoms with Gasteiger partial charge in [-0.1, -0.05) is 48.0 Å². The molecule has 1 aliphatic heterocycles. The highest BCUT2D eigenvalue weighted by Crippen LogP contribution is 2.24. The normalized spacial score (nSPS) is 14.9. The summed E-state index contributed by atoms with van der Waals surface area (Å²) < 4.78 is 20.8. The lowest BCUT2D eigenvalue weighted by atomic mass is 10.0. The van der Waals surface area contributed by atoms with Gasteiger partial charge in [-0.2, -0.15) is 0 Å². The molecule has 1 aliphatic rings. The third-order valence-electron chi connectivity index (χ3n) is 5.69. The van der Waals surface area contributed by atoms with Gasteiger partial charge in [0, 0.05) is 13.1 Å². The van der Waals surface area contributed by atoms with E-state index >= 15 is 0 Å². The maximum Gasteiger partial charge on any atom is 0.410 e. The molecule has 0 spiro atoms. The zero-order valence-electron chi connectivity index (χ0n) is 17.6. The van der Waals surface area contributed by atoms with Gasteiger partial charge in [0.25, 0.3) is 0 Å². The predicted octanol–water partition coefficient (Wildman–Crippen LogP) is 5.45. The van der Waals surface area contributed by atoms with Crippen molar-refractivity contribution in [2.45, 2.75) is 32.4 Å². The number of rotatable bonds is 5. The molecule has 6 heteroatoms. The van der Waals surface area contributed by atoms with E-state index in [2.05, 4.69) is 22.6 Å². The Kier molecular flexibility index (Phi) is 6.46. The number of hydrogen-bond donors (Lipinski definition) is 0. The summed E-state index contributed by atoms with van der Waals surface area (Å²) in [6, 6.07) is 16.3. The van der Waals surface area contributed by atoms with Crippen LogP contribution in [0.3, 0.4) is 0 Å². The molecule has 1 aromatic heterocycles. The van der Waals surface area contributed by atoms with Crippen molar-refractivity contribution in [1.29, 1.82) is 0 Å². The molecule has 5 nitrogen and oxygen atoms in total. The Labute approximate surface area is 181 Å². The summed E-state index contributed by atoms with van der Waals surface area (Å²) in [5.74, 6) is -0.238. The monoisotopic (exact) mass is 419 g/mol. The average molecular weight is 420 g/mol. The minimum atomic E-state index is -0.266. The fraction of sp³-hybridized carbons (Fsp3) is 0.280. The summed E-state index contributed by atoms with van der Waals surface area (Å²) in [6.45, 7) is 3.64. The number of carbonyl (C=O) groups is 1. The van der Waals surface area contributed by atoms with Crippen LogP contribution in [0.4, 0.5) is 9.18 Å². The van der Waals surface area contributed by atoms with Crippen molar-refractivity contribution in [2.75, 3.05) is 13.1 Å². The number of amides is 1. The van der Waals surface area contributed by atoms with Gasteiger partial charge in [0.15, 0.2) is 0 Å². The maximum atomic E-state index is 13.2. The number of piperidine rings is 1. The maximum absolute atomic E-state index is 13.2. The number of imidazole rings is 1. The van der Waals surface area contributed by atoms with Gasteiger partial charge in [-0.3, -0.25) is 0 Å². The number of aromatic nitrogens is 2. The fourth-order valence-corrected chi connectivity index (χ4v) is 3.79. The molecule has 1 fully saturated rings. The van der Waals surface area contributed by atoms with Crippen LogP contribution in [0.5, 0.6) is 0 Å². The van der Waals surface area contributed by atoms with Crippen LogP contribution in [-0.2, 0) is 11.3 Å². The lowest BCUT2D eigenvalue weighted by Crippen LogP contribution is -2.36. The summed E-state index contributed by atoms with van der Waals surface area (Å²) in [5, 5.41) is 0. The van der Waals surface area contributed by atoms with E-state index in [-0.39, 0.29) is 18.0 Å². The average Bonchev–Trinajstić information content (AvgIpc) is 3.27. The molecule has 1 atom stereocenters. The van der Waals surface area contributed by atoms with Crippen molar-refractivity contribution in [3.8, 4) is 0 Å². The smallest absolute Gasteiger partial charge is 0.410 e. The second kappa shape index (κ2) is 9.60. The van der Waals surface area contributed by atoms with Gasteiger partial charge in [0.05, 0.1) is 24.3 Å². The first-order chi connectivity index (χ1) is 15.1. The number of ether oxygens (including phenoxy) is 1. The zero-order valence-corrected chi connectivity index (χ0v) is 17.6. The molecule has 31 heavy (non-hydrogen) atoms. The summed E-state index contributed by atoms with van der Waals surface area (Å²) in [6.07, 6.45) is 7.13. The van der Waals surface area contributed by atoms with Crippen molar-refractivity contribution < 1.29 is 13.9 Å². The highest BCUT2D eigenvalue weighted by Gasteiger charge is 2.21. The number of carbonyl (C=O) groups excluding carboxylic acids is 1. The molecule has 0 aliphatic carbocycles. The molecule has 0 unspecified atom stereocenters. The van der Waals surface area contributed by atoms with Crippen molar-refractivity contribution in [3.05, 3.63) is 95.3 Å². The second-order valence-corrected chi connectivity index (χ2v) is 7.78. The molecule has 0 bridgehead atoms. The van der Waals surface area contributed by atoms with Crippen molar-refractivity contribution in [3.63, 3.8) is 0 Å². The highest BCUT2D eigenvalue weighted by atomic mass is 19.1. The Bertz CT molecular complexity index is 1030. The first-order valence-corrected chi connectivity index (χ1v) is 10.5. The summed E-state index contributed by atoms with van der Waals surface area (Å²) in [4.78, 5) is 18.4. The SMILES string of the molecule is C[C@H](c1ccc(F)cc1)n1cncc1C=C1CCN(C(=O)OCc2ccccc2)CC1. The molecule has 1 saturated heterocycles. The van der Waals surface area contributed by atoms with Gasteiger partial charge >= 0.3 is 6.09 Å². The van der Waals surface area contributed by atoms with Crippen LogP contribution < -0.4 is 0 Å². The minimum Gasteiger partial charge on any atom is -0.445 e. The van der Waals surface area contributed by atoms with E-state index in [1.165, 1.54) is 17.7 Å². The van der Waals surface area contributed by atoms with Crippen LogP contribution in [0.1, 0.15) is 42.6 Å². The molecule has 0 radical (unpaired) electrons. The summed E-state index contributed by atoms with van der Waals surface area (Å²) in [5.41, 5.74) is 4.29. The highest BCUT2D eigenvalue weighted by molar-refractivity contribution is 5.68. The van der Waals surface area contributed by atoms with Gasteiger partial charge in [0.2, 0.25) is 0 Å². The van der Waals surface area contributed by atoms with E-state index in [1.54, 1.807) is 23.4 Å². The number of benzene rings is 2. The standard InChI is InChI=1S/C25H26FN3O2/c1-19(22-7-9-23(26)10-8-22)29-18-27-16-24(29)15-20-11-13-28(14-12-20)25(30)31-17-21-5-3-2-4-6-21/h2-10,15-16,18-19H,11-14,17H2,1H3/t19-/m1/s1. The van der Waals surface area contributed by atoms with Gasteiger partial charge in [-0.05, 0) is 49.1 Å². The first kappa shape index (κ1) is 20.8. The third kappa shape index (κ3) is 5.20. The van der Waals surface area contributed by atoms with Crippen molar-refractivity contribution >= 4 is 12.2 Å². The van der Waals surface area contributed by atoms with Gasteiger partial charge < -0.3 is 14.2 Å². The van der Waals surface area contributed by atoms with Crippen LogP contribution in [0, 0.1) is 5.82 Å². The summed E-state index contributed by atoms with van der Waals surface area (Å²) in [7, 11) is 0. The van der Waals surface area contributed by atoms with Crippen LogP contribution in [0.15, 0.2) is 72.7 Å². The molecule has 4 rings (SSSR count). The van der Waals surface area contributed by atoms with E-state index in [0.29, 0.717) is 19.7 Å². The second-order valence-electron chi connectivity index (χ2n) is 7.78. The van der Waals surface area contributed by atoms with Gasteiger partial charge in [0.1, 0.15) is 12.4 Å². The number of halogens is 1. The minimum absolute atomic E-state index is 0.0444. The first-order valence-electron chi connectivity index (χ1n) is 10.5. The fourth-order valence-electron chi connectivity index (χ4n) is 3.79. The lowest BCUT2D eigenvalue weighted by molar-refractivity contribution is 0.0936. The Morgan fingerprint density at radius 3 is 2.55 bits per heavy atom. The Balaban J connectivity index is 1.35. The molecule has 2 aromatic carbocycles. The molecule has 160 valence electrons. The molecular formula is C25H26FN3O2. The zero-order chi connectivity index (χ0) is 21.6. The molecule has 0 N–H and O–H groups in total. The Hall–Kier alpha value is -3.41. The molecule has 3 aromatic rings. The van der Waals surface area contributed by atoms with Crippen LogP contribution in [0.25, 0.3) is 6.08 Å². The van der Waals surface area contributed by atoms with Crippen LogP contribution in [-0.4, -0.2) is 33.6 Å². The van der Waals surface area contributed by atoms with E-state index in [0.717, 1.165) is 29.7 Å². The number of hydrogen-bond acceptors (Lipinski definition) is 3. The van der Waals surface area contributed by atoms with Crippen molar-refractivity contribution in [2.24, 2.45) is 0 Å². The Morgan fingerprint density at radius 1 is 1.13 bits per heavy atom. The molecule has 0 saturated carbocycles. The third-order valence-corrected chi connectivity index (χ3v) is 5.69.